The summed E-state index contributed by atoms with van der Waals surface area (Å²) in [6.07, 6.45) is 2.12. The van der Waals surface area contributed by atoms with Crippen molar-refractivity contribution < 1.29 is 4.52 Å². The molecule has 1 aromatic rings. The van der Waals surface area contributed by atoms with Gasteiger partial charge in [0.25, 0.3) is 0 Å². The molecule has 2 atom stereocenters. The van der Waals surface area contributed by atoms with Gasteiger partial charge in [0, 0.05) is 32.5 Å². The first-order chi connectivity index (χ1) is 8.69. The monoisotopic (exact) mass is 252 g/mol. The zero-order valence-corrected chi connectivity index (χ0v) is 11.6. The number of nitrogens with one attached hydrogen (secondary N) is 1. The maximum atomic E-state index is 4.98. The van der Waals surface area contributed by atoms with Crippen LogP contribution in [0.15, 0.2) is 4.52 Å². The zero-order chi connectivity index (χ0) is 13.0. The van der Waals surface area contributed by atoms with Crippen molar-refractivity contribution in [3.8, 4) is 0 Å². The van der Waals surface area contributed by atoms with E-state index in [1.54, 1.807) is 0 Å². The molecule has 0 aromatic carbocycles. The smallest absolute Gasteiger partial charge is 0.223 e. The van der Waals surface area contributed by atoms with Gasteiger partial charge in [0.05, 0.1) is 0 Å². The van der Waals surface area contributed by atoms with Crippen molar-refractivity contribution >= 4 is 0 Å². The molecule has 1 N–H and O–H groups in total. The first kappa shape index (κ1) is 13.5. The van der Waals surface area contributed by atoms with Gasteiger partial charge in [0.2, 0.25) is 5.89 Å². The van der Waals surface area contributed by atoms with Crippen LogP contribution in [0, 0.1) is 12.8 Å². The minimum Gasteiger partial charge on any atom is -0.340 e. The maximum Gasteiger partial charge on any atom is 0.223 e. The number of nitrogens with zero attached hydrogens (tertiary/aromatic N) is 3. The van der Waals surface area contributed by atoms with Crippen LogP contribution < -0.4 is 5.32 Å². The molecule has 2 rings (SSSR count). The Balaban J connectivity index is 1.75. The van der Waals surface area contributed by atoms with Gasteiger partial charge in [-0.2, -0.15) is 4.98 Å². The third-order valence-electron chi connectivity index (χ3n) is 3.68. The molecule has 0 radical (unpaired) electrons. The summed E-state index contributed by atoms with van der Waals surface area (Å²) in [6.45, 7) is 10.8. The Morgan fingerprint density at radius 3 is 2.94 bits per heavy atom. The number of hydrogen-bond donors (Lipinski definition) is 1. The van der Waals surface area contributed by atoms with Gasteiger partial charge in [-0.05, 0) is 25.4 Å². The molecule has 0 bridgehead atoms. The first-order valence-electron chi connectivity index (χ1n) is 6.94. The Labute approximate surface area is 109 Å². The van der Waals surface area contributed by atoms with Gasteiger partial charge in [-0.1, -0.05) is 19.0 Å². The molecule has 1 aliphatic rings. The van der Waals surface area contributed by atoms with Gasteiger partial charge in [-0.25, -0.2) is 0 Å². The lowest BCUT2D eigenvalue weighted by atomic mass is 9.94. The van der Waals surface area contributed by atoms with Crippen molar-refractivity contribution in [1.29, 1.82) is 0 Å². The Bertz CT molecular complexity index is 366. The molecule has 0 amide bonds. The number of hydrogen-bond acceptors (Lipinski definition) is 5. The van der Waals surface area contributed by atoms with E-state index in [0.29, 0.717) is 17.9 Å². The molecule has 1 aliphatic heterocycles. The highest BCUT2D eigenvalue weighted by Gasteiger charge is 2.25. The summed E-state index contributed by atoms with van der Waals surface area (Å²) in [4.78, 5) is 6.75. The molecule has 5 heteroatoms. The van der Waals surface area contributed by atoms with Crippen LogP contribution in [0.25, 0.3) is 0 Å². The third-order valence-corrected chi connectivity index (χ3v) is 3.68. The lowest BCUT2D eigenvalue weighted by molar-refractivity contribution is 0.149. The van der Waals surface area contributed by atoms with Crippen molar-refractivity contribution in [2.75, 3.05) is 26.2 Å². The normalized spacial score (nSPS) is 25.5. The van der Waals surface area contributed by atoms with Crippen LogP contribution in [0.4, 0.5) is 0 Å². The molecule has 0 saturated carbocycles. The lowest BCUT2D eigenvalue weighted by Crippen LogP contribution is -2.48. The van der Waals surface area contributed by atoms with E-state index >= 15 is 0 Å². The van der Waals surface area contributed by atoms with Crippen LogP contribution in [0.5, 0.6) is 0 Å². The van der Waals surface area contributed by atoms with Crippen molar-refractivity contribution in [3.63, 3.8) is 0 Å². The number of likely N-dealkylation sites (tertiary alicyclic amines) is 1. The summed E-state index contributed by atoms with van der Waals surface area (Å²) >= 11 is 0. The molecule has 0 spiro atoms. The average Bonchev–Trinajstić information content (AvgIpc) is 2.76. The summed E-state index contributed by atoms with van der Waals surface area (Å²) in [5.41, 5.74) is 0. The van der Waals surface area contributed by atoms with Gasteiger partial charge in [-0.15, -0.1) is 0 Å². The van der Waals surface area contributed by atoms with Crippen LogP contribution in [0.2, 0.25) is 0 Å². The Morgan fingerprint density at radius 1 is 1.50 bits per heavy atom. The molecule has 2 heterocycles. The van der Waals surface area contributed by atoms with Crippen LogP contribution >= 0.6 is 0 Å². The largest absolute Gasteiger partial charge is 0.340 e. The summed E-state index contributed by atoms with van der Waals surface area (Å²) in [5, 5.41) is 7.50. The molecule has 1 aromatic heterocycles. The molecule has 1 saturated heterocycles. The number of aromatic nitrogens is 2. The molecule has 102 valence electrons. The van der Waals surface area contributed by atoms with Crippen LogP contribution in [-0.2, 0) is 6.42 Å². The van der Waals surface area contributed by atoms with Crippen LogP contribution in [0.3, 0.4) is 0 Å². The fraction of sp³-hybridized carbons (Fsp3) is 0.846. The van der Waals surface area contributed by atoms with Crippen molar-refractivity contribution in [3.05, 3.63) is 11.7 Å². The van der Waals surface area contributed by atoms with Gasteiger partial charge < -0.3 is 14.7 Å². The van der Waals surface area contributed by atoms with E-state index in [4.69, 9.17) is 4.52 Å². The van der Waals surface area contributed by atoms with Crippen molar-refractivity contribution in [1.82, 2.24) is 20.4 Å². The minimum atomic E-state index is 0.657. The van der Waals surface area contributed by atoms with Gasteiger partial charge in [-0.3, -0.25) is 0 Å². The first-order valence-corrected chi connectivity index (χ1v) is 6.94. The predicted molar refractivity (Wildman–Crippen MR) is 70.4 cm³/mol. The van der Waals surface area contributed by atoms with Crippen molar-refractivity contribution in [2.45, 2.75) is 39.7 Å². The highest BCUT2D eigenvalue weighted by molar-refractivity contribution is 4.87. The SMILES string of the molecule is CCNC1CCN(CCc2noc(C)n2)CC1C. The quantitative estimate of drug-likeness (QED) is 0.854. The predicted octanol–water partition coefficient (Wildman–Crippen LogP) is 1.24. The van der Waals surface area contributed by atoms with Gasteiger partial charge >= 0.3 is 0 Å². The van der Waals surface area contributed by atoms with E-state index in [1.807, 2.05) is 6.92 Å². The molecule has 0 aliphatic carbocycles. The standard InChI is InChI=1S/C13H24N4O/c1-4-14-12-5-7-17(9-10(12)2)8-6-13-15-11(3)18-16-13/h10,12,14H,4-9H2,1-3H3. The van der Waals surface area contributed by atoms with Crippen LogP contribution in [0.1, 0.15) is 32.0 Å². The van der Waals surface area contributed by atoms with E-state index in [0.717, 1.165) is 31.9 Å². The topological polar surface area (TPSA) is 54.2 Å². The zero-order valence-electron chi connectivity index (χ0n) is 11.6. The van der Waals surface area contributed by atoms with E-state index in [9.17, 15) is 0 Å². The van der Waals surface area contributed by atoms with Gasteiger partial charge in [0.1, 0.15) is 0 Å². The Kier molecular flexibility index (Phi) is 4.72. The molecule has 1 fully saturated rings. The highest BCUT2D eigenvalue weighted by Crippen LogP contribution is 2.16. The molecular formula is C13H24N4O. The number of aryl methyl sites for hydroxylation is 1. The Hall–Kier alpha value is -0.940. The van der Waals surface area contributed by atoms with Gasteiger partial charge in [0.15, 0.2) is 5.82 Å². The van der Waals surface area contributed by atoms with E-state index in [-0.39, 0.29) is 0 Å². The fourth-order valence-corrected chi connectivity index (χ4v) is 2.70. The molecule has 5 nitrogen and oxygen atoms in total. The fourth-order valence-electron chi connectivity index (χ4n) is 2.70. The minimum absolute atomic E-state index is 0.657. The summed E-state index contributed by atoms with van der Waals surface area (Å²) in [7, 11) is 0. The summed E-state index contributed by atoms with van der Waals surface area (Å²) in [5.74, 6) is 2.20. The summed E-state index contributed by atoms with van der Waals surface area (Å²) in [6, 6.07) is 0.679. The lowest BCUT2D eigenvalue weighted by Gasteiger charge is -2.37. The summed E-state index contributed by atoms with van der Waals surface area (Å²) < 4.78 is 4.98. The number of piperidine rings is 1. The molecular weight excluding hydrogens is 228 g/mol. The third kappa shape index (κ3) is 3.53. The van der Waals surface area contributed by atoms with E-state index < -0.39 is 0 Å². The molecule has 2 unspecified atom stereocenters. The second-order valence-electron chi connectivity index (χ2n) is 5.21. The maximum absolute atomic E-state index is 4.98. The second-order valence-corrected chi connectivity index (χ2v) is 5.21. The highest BCUT2D eigenvalue weighted by atomic mass is 16.5. The Morgan fingerprint density at radius 2 is 2.33 bits per heavy atom. The molecule has 18 heavy (non-hydrogen) atoms. The van der Waals surface area contributed by atoms with Crippen molar-refractivity contribution in [2.24, 2.45) is 5.92 Å². The van der Waals surface area contributed by atoms with Crippen LogP contribution in [-0.4, -0.2) is 47.3 Å². The number of rotatable bonds is 5. The van der Waals surface area contributed by atoms with E-state index in [2.05, 4.69) is 34.2 Å². The van der Waals surface area contributed by atoms with E-state index in [1.165, 1.54) is 13.0 Å². The second kappa shape index (κ2) is 6.29. The average molecular weight is 252 g/mol.